The van der Waals surface area contributed by atoms with Crippen LogP contribution in [0.25, 0.3) is 5.57 Å². The summed E-state index contributed by atoms with van der Waals surface area (Å²) in [4.78, 5) is 15.7. The third kappa shape index (κ3) is 6.03. The van der Waals surface area contributed by atoms with Gasteiger partial charge in [-0.15, -0.1) is 0 Å². The number of aliphatic carboxylic acids is 1. The van der Waals surface area contributed by atoms with E-state index in [1.165, 1.54) is 0 Å². The van der Waals surface area contributed by atoms with Gasteiger partial charge >= 0.3 is 5.97 Å². The van der Waals surface area contributed by atoms with E-state index in [2.05, 4.69) is 4.98 Å². The quantitative estimate of drug-likeness (QED) is 0.535. The summed E-state index contributed by atoms with van der Waals surface area (Å²) < 4.78 is 11.2. The number of nitrogens with zero attached hydrogens (tertiary/aromatic N) is 1. The van der Waals surface area contributed by atoms with Crippen LogP contribution in [0.3, 0.4) is 0 Å². The number of carboxylic acids is 1. The molecule has 154 valence electrons. The normalized spacial score (nSPS) is 12.4. The first-order valence-electron chi connectivity index (χ1n) is 9.90. The van der Waals surface area contributed by atoms with Gasteiger partial charge in [-0.25, -0.2) is 4.79 Å². The maximum Gasteiger partial charge on any atom is 0.333 e. The molecule has 1 aromatic heterocycles. The van der Waals surface area contributed by atoms with Gasteiger partial charge in [-0.3, -0.25) is 4.98 Å². The molecule has 0 spiro atoms. The summed E-state index contributed by atoms with van der Waals surface area (Å²) >= 11 is 0. The van der Waals surface area contributed by atoms with Crippen LogP contribution in [0.5, 0.6) is 5.75 Å². The number of pyridine rings is 1. The van der Waals surface area contributed by atoms with Gasteiger partial charge in [-0.2, -0.15) is 0 Å². The lowest BCUT2D eigenvalue weighted by atomic mass is 10.0. The van der Waals surface area contributed by atoms with E-state index in [4.69, 9.17) is 9.47 Å². The topological polar surface area (TPSA) is 68.7 Å². The van der Waals surface area contributed by atoms with Crippen molar-refractivity contribution in [2.45, 2.75) is 19.4 Å². The van der Waals surface area contributed by atoms with Crippen LogP contribution < -0.4 is 4.74 Å². The van der Waals surface area contributed by atoms with Crippen molar-refractivity contribution in [3.05, 3.63) is 102 Å². The Kier molecular flexibility index (Phi) is 7.75. The Bertz CT molecular complexity index is 912. The molecule has 30 heavy (non-hydrogen) atoms. The highest BCUT2D eigenvalue weighted by atomic mass is 16.5. The molecule has 5 heteroatoms. The van der Waals surface area contributed by atoms with Gasteiger partial charge in [0.1, 0.15) is 12.4 Å². The highest BCUT2D eigenvalue weighted by molar-refractivity contribution is 5.77. The van der Waals surface area contributed by atoms with Gasteiger partial charge in [0.2, 0.25) is 0 Å². The molecule has 0 aliphatic carbocycles. The van der Waals surface area contributed by atoms with Crippen LogP contribution in [-0.4, -0.2) is 35.4 Å². The largest absolute Gasteiger partial charge is 0.490 e. The van der Waals surface area contributed by atoms with E-state index in [9.17, 15) is 9.90 Å². The van der Waals surface area contributed by atoms with Crippen LogP contribution in [0.15, 0.2) is 85.1 Å². The maximum atomic E-state index is 11.2. The molecule has 0 aliphatic heterocycles. The molecule has 0 saturated heterocycles. The fraction of sp³-hybridized carbons (Fsp3) is 0.200. The van der Waals surface area contributed by atoms with Crippen molar-refractivity contribution in [1.29, 1.82) is 0 Å². The second-order valence-corrected chi connectivity index (χ2v) is 6.64. The summed E-state index contributed by atoms with van der Waals surface area (Å²) in [5.41, 5.74) is 3.86. The van der Waals surface area contributed by atoms with Crippen molar-refractivity contribution in [2.24, 2.45) is 0 Å². The molecule has 1 unspecified atom stereocenters. The number of hydrogen-bond acceptors (Lipinski definition) is 4. The maximum absolute atomic E-state index is 11.2. The molecule has 0 amide bonds. The molecule has 3 aromatic rings. The molecule has 5 nitrogen and oxygen atoms in total. The summed E-state index contributed by atoms with van der Waals surface area (Å²) in [6.45, 7) is 2.54. The Morgan fingerprint density at radius 2 is 1.77 bits per heavy atom. The molecule has 0 fully saturated rings. The minimum atomic E-state index is -0.953. The zero-order valence-electron chi connectivity index (χ0n) is 16.9. The Morgan fingerprint density at radius 1 is 1.03 bits per heavy atom. The zero-order chi connectivity index (χ0) is 21.2. The van der Waals surface area contributed by atoms with Crippen molar-refractivity contribution >= 4 is 11.5 Å². The smallest absolute Gasteiger partial charge is 0.333 e. The number of carbonyl (C=O) groups is 1. The Hall–Kier alpha value is -3.44. The van der Waals surface area contributed by atoms with Gasteiger partial charge in [0.25, 0.3) is 0 Å². The number of benzene rings is 2. The van der Waals surface area contributed by atoms with E-state index in [0.717, 1.165) is 22.4 Å². The molecular weight excluding hydrogens is 378 g/mol. The fourth-order valence-corrected chi connectivity index (χ4v) is 3.09. The fourth-order valence-electron chi connectivity index (χ4n) is 3.09. The van der Waals surface area contributed by atoms with Gasteiger partial charge in [0, 0.05) is 24.8 Å². The highest BCUT2D eigenvalue weighted by Gasteiger charge is 2.17. The van der Waals surface area contributed by atoms with Gasteiger partial charge < -0.3 is 14.6 Å². The number of rotatable bonds is 10. The molecule has 0 saturated carbocycles. The summed E-state index contributed by atoms with van der Waals surface area (Å²) in [5, 5.41) is 9.22. The molecule has 3 rings (SSSR count). The summed E-state index contributed by atoms with van der Waals surface area (Å²) in [5.74, 6) is -0.239. The second-order valence-electron chi connectivity index (χ2n) is 6.64. The average molecular weight is 403 g/mol. The van der Waals surface area contributed by atoms with Gasteiger partial charge in [-0.1, -0.05) is 48.5 Å². The van der Waals surface area contributed by atoms with Crippen LogP contribution in [-0.2, 0) is 16.0 Å². The van der Waals surface area contributed by atoms with Gasteiger partial charge in [0.15, 0.2) is 6.10 Å². The first-order chi connectivity index (χ1) is 14.7. The summed E-state index contributed by atoms with van der Waals surface area (Å²) in [6, 6.07) is 23.3. The van der Waals surface area contributed by atoms with Crippen LogP contribution in [0, 0.1) is 0 Å². The molecule has 1 atom stereocenters. The predicted molar refractivity (Wildman–Crippen MR) is 116 cm³/mol. The lowest BCUT2D eigenvalue weighted by Gasteiger charge is -2.13. The van der Waals surface area contributed by atoms with Crippen LogP contribution in [0.4, 0.5) is 0 Å². The van der Waals surface area contributed by atoms with Crippen molar-refractivity contribution in [1.82, 2.24) is 4.98 Å². The van der Waals surface area contributed by atoms with E-state index < -0.39 is 12.1 Å². The van der Waals surface area contributed by atoms with Crippen LogP contribution >= 0.6 is 0 Å². The van der Waals surface area contributed by atoms with Gasteiger partial charge in [-0.05, 0) is 48.4 Å². The summed E-state index contributed by atoms with van der Waals surface area (Å²) in [6.07, 6.45) is 3.28. The third-order valence-corrected chi connectivity index (χ3v) is 4.55. The third-order valence-electron chi connectivity index (χ3n) is 4.55. The lowest BCUT2D eigenvalue weighted by Crippen LogP contribution is -2.26. The average Bonchev–Trinajstić information content (AvgIpc) is 2.78. The zero-order valence-corrected chi connectivity index (χ0v) is 16.9. The summed E-state index contributed by atoms with van der Waals surface area (Å²) in [7, 11) is 0. The number of carboxylic acid groups (broad SMARTS) is 1. The lowest BCUT2D eigenvalue weighted by molar-refractivity contribution is -0.149. The molecule has 1 N–H and O–H groups in total. The Morgan fingerprint density at radius 3 is 2.40 bits per heavy atom. The number of ether oxygens (including phenoxy) is 2. The number of hydrogen-bond donors (Lipinski definition) is 1. The van der Waals surface area contributed by atoms with Crippen molar-refractivity contribution < 1.29 is 19.4 Å². The first-order valence-corrected chi connectivity index (χ1v) is 9.90. The molecule has 0 bridgehead atoms. The first kappa shape index (κ1) is 21.3. The predicted octanol–water partition coefficient (Wildman–Crippen LogP) is 4.62. The Labute approximate surface area is 176 Å². The Balaban J connectivity index is 1.67. The van der Waals surface area contributed by atoms with E-state index in [1.54, 1.807) is 13.1 Å². The van der Waals surface area contributed by atoms with E-state index in [0.29, 0.717) is 25.4 Å². The van der Waals surface area contributed by atoms with Crippen LogP contribution in [0.1, 0.15) is 23.7 Å². The standard InChI is InChI=1S/C25H25NO4/c1-2-29-24(25(27)28)18-19-11-13-21(14-12-19)30-17-15-22(20-8-4-3-5-9-20)23-10-6-7-16-26-23/h3-16,24H,2,17-18H2,1H3,(H,27,28)/b22-15+. The number of aromatic nitrogens is 1. The molecule has 0 aliphatic rings. The minimum absolute atomic E-state index is 0.321. The molecule has 1 heterocycles. The van der Waals surface area contributed by atoms with Gasteiger partial charge in [0.05, 0.1) is 5.69 Å². The molecular formula is C25H25NO4. The monoisotopic (exact) mass is 403 g/mol. The van der Waals surface area contributed by atoms with E-state index in [1.807, 2.05) is 78.9 Å². The van der Waals surface area contributed by atoms with Crippen LogP contribution in [0.2, 0.25) is 0 Å². The second kappa shape index (κ2) is 10.9. The van der Waals surface area contributed by atoms with Crippen molar-refractivity contribution in [3.63, 3.8) is 0 Å². The highest BCUT2D eigenvalue weighted by Crippen LogP contribution is 2.22. The van der Waals surface area contributed by atoms with Crippen molar-refractivity contribution in [3.8, 4) is 5.75 Å². The molecule has 2 aromatic carbocycles. The SMILES string of the molecule is CCOC(Cc1ccc(OC/C=C(\c2ccccc2)c2ccccn2)cc1)C(=O)O. The van der Waals surface area contributed by atoms with Crippen molar-refractivity contribution in [2.75, 3.05) is 13.2 Å². The van der Waals surface area contributed by atoms with E-state index >= 15 is 0 Å². The molecule has 0 radical (unpaired) electrons. The minimum Gasteiger partial charge on any atom is -0.490 e. The van der Waals surface area contributed by atoms with E-state index in [-0.39, 0.29) is 0 Å².